The molecule has 0 unspecified atom stereocenters. The van der Waals surface area contributed by atoms with Crippen LogP contribution in [0.4, 0.5) is 0 Å². The van der Waals surface area contributed by atoms with E-state index in [-0.39, 0.29) is 5.91 Å². The van der Waals surface area contributed by atoms with Gasteiger partial charge in [0.1, 0.15) is 0 Å². The van der Waals surface area contributed by atoms with E-state index in [4.69, 9.17) is 0 Å². The van der Waals surface area contributed by atoms with Crippen molar-refractivity contribution in [2.24, 2.45) is 0 Å². The van der Waals surface area contributed by atoms with Crippen LogP contribution in [-0.4, -0.2) is 10.8 Å². The molecule has 2 aromatic carbocycles. The fourth-order valence-electron chi connectivity index (χ4n) is 2.50. The van der Waals surface area contributed by atoms with Gasteiger partial charge in [-0.05, 0) is 52.3 Å². The number of nitrogens with zero attached hydrogens (tertiary/aromatic N) is 1. The number of halogens is 1. The van der Waals surface area contributed by atoms with Crippen molar-refractivity contribution in [3.05, 3.63) is 68.3 Å². The van der Waals surface area contributed by atoms with Crippen LogP contribution in [0.25, 0.3) is 0 Å². The van der Waals surface area contributed by atoms with Gasteiger partial charge < -0.3 is 4.90 Å². The summed E-state index contributed by atoms with van der Waals surface area (Å²) in [6, 6.07) is 14.3. The van der Waals surface area contributed by atoms with Gasteiger partial charge in [0.05, 0.1) is 5.56 Å². The van der Waals surface area contributed by atoms with Crippen LogP contribution in [-0.2, 0) is 13.1 Å². The normalized spacial score (nSPS) is 13.8. The molecule has 0 saturated heterocycles. The smallest absolute Gasteiger partial charge is 0.255 e. The molecule has 19 heavy (non-hydrogen) atoms. The maximum Gasteiger partial charge on any atom is 0.255 e. The average Bonchev–Trinajstić information content (AvgIpc) is 2.71. The number of aryl methyl sites for hydroxylation is 1. The fourth-order valence-corrected chi connectivity index (χ4v) is 3.28. The zero-order chi connectivity index (χ0) is 13.4. The van der Waals surface area contributed by atoms with Gasteiger partial charge in [0, 0.05) is 16.7 Å². The molecular weight excluding hydrogens is 349 g/mol. The summed E-state index contributed by atoms with van der Waals surface area (Å²) in [5.74, 6) is 0.156. The molecular formula is C16H14INO. The summed E-state index contributed by atoms with van der Waals surface area (Å²) in [7, 11) is 0. The molecule has 0 atom stereocenters. The van der Waals surface area contributed by atoms with Gasteiger partial charge in [-0.1, -0.05) is 36.4 Å². The van der Waals surface area contributed by atoms with Crippen LogP contribution in [0.15, 0.2) is 42.5 Å². The van der Waals surface area contributed by atoms with Crippen LogP contribution in [0.5, 0.6) is 0 Å². The molecule has 1 heterocycles. The number of fused-ring (bicyclic) bond motifs is 1. The Kier molecular flexibility index (Phi) is 3.31. The number of hydrogen-bond acceptors (Lipinski definition) is 1. The van der Waals surface area contributed by atoms with E-state index in [0.717, 1.165) is 21.2 Å². The molecule has 0 spiro atoms. The second-order valence-electron chi connectivity index (χ2n) is 4.86. The standard InChI is InChI=1S/C16H14INO/c1-11-5-2-3-6-12(11)9-18-10-13-7-4-8-14(17)15(13)16(18)19/h2-8H,9-10H2,1H3. The third-order valence-corrected chi connectivity index (χ3v) is 4.48. The lowest BCUT2D eigenvalue weighted by Gasteiger charge is -2.17. The monoisotopic (exact) mass is 363 g/mol. The number of hydrogen-bond donors (Lipinski definition) is 0. The number of carbonyl (C=O) groups excluding carboxylic acids is 1. The van der Waals surface area contributed by atoms with Crippen molar-refractivity contribution in [2.45, 2.75) is 20.0 Å². The molecule has 0 saturated carbocycles. The van der Waals surface area contributed by atoms with E-state index in [1.165, 1.54) is 11.1 Å². The molecule has 0 radical (unpaired) electrons. The predicted octanol–water partition coefficient (Wildman–Crippen LogP) is 3.76. The van der Waals surface area contributed by atoms with E-state index in [9.17, 15) is 4.79 Å². The molecule has 96 valence electrons. The number of benzene rings is 2. The summed E-state index contributed by atoms with van der Waals surface area (Å²) in [4.78, 5) is 14.4. The Morgan fingerprint density at radius 3 is 2.68 bits per heavy atom. The van der Waals surface area contributed by atoms with Crippen LogP contribution in [0.3, 0.4) is 0 Å². The summed E-state index contributed by atoms with van der Waals surface area (Å²) >= 11 is 2.24. The molecule has 0 bridgehead atoms. The van der Waals surface area contributed by atoms with Crippen molar-refractivity contribution < 1.29 is 4.79 Å². The number of amides is 1. The van der Waals surface area contributed by atoms with E-state index in [2.05, 4.69) is 41.6 Å². The van der Waals surface area contributed by atoms with E-state index in [1.807, 2.05) is 35.2 Å². The zero-order valence-corrected chi connectivity index (χ0v) is 12.8. The highest BCUT2D eigenvalue weighted by Gasteiger charge is 2.29. The Labute approximate surface area is 126 Å². The lowest BCUT2D eigenvalue weighted by molar-refractivity contribution is 0.0765. The highest BCUT2D eigenvalue weighted by molar-refractivity contribution is 14.1. The topological polar surface area (TPSA) is 20.3 Å². The molecule has 3 heteroatoms. The second-order valence-corrected chi connectivity index (χ2v) is 6.02. The first kappa shape index (κ1) is 12.7. The first-order valence-corrected chi connectivity index (χ1v) is 7.36. The Morgan fingerprint density at radius 1 is 1.16 bits per heavy atom. The lowest BCUT2D eigenvalue weighted by Crippen LogP contribution is -2.24. The van der Waals surface area contributed by atoms with Crippen LogP contribution in [0.1, 0.15) is 27.0 Å². The number of carbonyl (C=O) groups is 1. The molecule has 0 aromatic heterocycles. The highest BCUT2D eigenvalue weighted by atomic mass is 127. The van der Waals surface area contributed by atoms with Crippen molar-refractivity contribution in [3.63, 3.8) is 0 Å². The molecule has 0 N–H and O–H groups in total. The predicted molar refractivity (Wildman–Crippen MR) is 83.9 cm³/mol. The van der Waals surface area contributed by atoms with Crippen molar-refractivity contribution in [2.75, 3.05) is 0 Å². The van der Waals surface area contributed by atoms with Gasteiger partial charge in [0.15, 0.2) is 0 Å². The third-order valence-electron chi connectivity index (χ3n) is 3.58. The minimum Gasteiger partial charge on any atom is -0.330 e. The van der Waals surface area contributed by atoms with E-state index in [0.29, 0.717) is 6.54 Å². The molecule has 1 aliphatic rings. The van der Waals surface area contributed by atoms with Crippen molar-refractivity contribution in [1.29, 1.82) is 0 Å². The summed E-state index contributed by atoms with van der Waals surface area (Å²) in [5, 5.41) is 0. The average molecular weight is 363 g/mol. The van der Waals surface area contributed by atoms with Gasteiger partial charge in [-0.3, -0.25) is 4.79 Å². The highest BCUT2D eigenvalue weighted by Crippen LogP contribution is 2.28. The largest absolute Gasteiger partial charge is 0.330 e. The SMILES string of the molecule is Cc1ccccc1CN1Cc2cccc(I)c2C1=O. The van der Waals surface area contributed by atoms with Crippen LogP contribution in [0.2, 0.25) is 0 Å². The quantitative estimate of drug-likeness (QED) is 0.745. The van der Waals surface area contributed by atoms with Gasteiger partial charge in [-0.2, -0.15) is 0 Å². The molecule has 1 aliphatic heterocycles. The van der Waals surface area contributed by atoms with Gasteiger partial charge >= 0.3 is 0 Å². The fraction of sp³-hybridized carbons (Fsp3) is 0.188. The maximum absolute atomic E-state index is 12.5. The van der Waals surface area contributed by atoms with Crippen LogP contribution < -0.4 is 0 Å². The van der Waals surface area contributed by atoms with Crippen molar-refractivity contribution in [1.82, 2.24) is 4.90 Å². The zero-order valence-electron chi connectivity index (χ0n) is 10.7. The maximum atomic E-state index is 12.5. The van der Waals surface area contributed by atoms with Gasteiger partial charge in [0.2, 0.25) is 0 Å². The Balaban J connectivity index is 1.89. The Hall–Kier alpha value is -1.36. The van der Waals surface area contributed by atoms with E-state index >= 15 is 0 Å². The first-order chi connectivity index (χ1) is 9.16. The summed E-state index contributed by atoms with van der Waals surface area (Å²) < 4.78 is 1.05. The molecule has 0 fully saturated rings. The van der Waals surface area contributed by atoms with E-state index in [1.54, 1.807) is 0 Å². The molecule has 0 aliphatic carbocycles. The summed E-state index contributed by atoms with van der Waals surface area (Å²) in [6.45, 7) is 3.50. The molecule has 2 nitrogen and oxygen atoms in total. The summed E-state index contributed by atoms with van der Waals surface area (Å²) in [6.07, 6.45) is 0. The third kappa shape index (κ3) is 2.27. The van der Waals surface area contributed by atoms with Gasteiger partial charge in [-0.25, -0.2) is 0 Å². The van der Waals surface area contributed by atoms with Crippen LogP contribution in [0, 0.1) is 10.5 Å². The lowest BCUT2D eigenvalue weighted by atomic mass is 10.1. The molecule has 1 amide bonds. The summed E-state index contributed by atoms with van der Waals surface area (Å²) in [5.41, 5.74) is 4.49. The minimum atomic E-state index is 0.156. The van der Waals surface area contributed by atoms with Gasteiger partial charge in [0.25, 0.3) is 5.91 Å². The van der Waals surface area contributed by atoms with E-state index < -0.39 is 0 Å². The molecule has 2 aromatic rings. The first-order valence-electron chi connectivity index (χ1n) is 6.28. The minimum absolute atomic E-state index is 0.156. The second kappa shape index (κ2) is 4.96. The van der Waals surface area contributed by atoms with Crippen molar-refractivity contribution >= 4 is 28.5 Å². The Bertz CT molecular complexity index is 651. The molecule has 3 rings (SSSR count). The van der Waals surface area contributed by atoms with Gasteiger partial charge in [-0.15, -0.1) is 0 Å². The van der Waals surface area contributed by atoms with Crippen LogP contribution >= 0.6 is 22.6 Å². The number of rotatable bonds is 2. The van der Waals surface area contributed by atoms with Crippen molar-refractivity contribution in [3.8, 4) is 0 Å². The Morgan fingerprint density at radius 2 is 1.95 bits per heavy atom.